The fourth-order valence-corrected chi connectivity index (χ4v) is 2.60. The van der Waals surface area contributed by atoms with Crippen LogP contribution >= 0.6 is 0 Å². The van der Waals surface area contributed by atoms with Gasteiger partial charge in [-0.2, -0.15) is 18.3 Å². The standard InChI is InChI=1S/C18H21F3N2O/c1-14(22-23-11-7-2-3-8-12-23)17(24)13-16(18(19,20)21)15-9-5-4-6-10-15/h4-6,9-10,13H,2-3,7-8,11-12H2,1H3/b16-13+,22-14+. The van der Waals surface area contributed by atoms with E-state index in [4.69, 9.17) is 0 Å². The Morgan fingerprint density at radius 2 is 1.67 bits per heavy atom. The quantitative estimate of drug-likeness (QED) is 0.600. The summed E-state index contributed by atoms with van der Waals surface area (Å²) in [4.78, 5) is 12.2. The van der Waals surface area contributed by atoms with Crippen LogP contribution in [0, 0.1) is 0 Å². The van der Waals surface area contributed by atoms with Crippen LogP contribution in [0.2, 0.25) is 0 Å². The number of hydrogen-bond donors (Lipinski definition) is 0. The predicted octanol–water partition coefficient (Wildman–Crippen LogP) is 4.45. The van der Waals surface area contributed by atoms with E-state index in [9.17, 15) is 18.0 Å². The molecule has 1 aliphatic heterocycles. The number of nitrogens with zero attached hydrogens (tertiary/aromatic N) is 2. The maximum atomic E-state index is 13.3. The van der Waals surface area contributed by atoms with E-state index >= 15 is 0 Å². The summed E-state index contributed by atoms with van der Waals surface area (Å²) < 4.78 is 39.8. The lowest BCUT2D eigenvalue weighted by Gasteiger charge is -2.17. The first-order valence-electron chi connectivity index (χ1n) is 8.07. The van der Waals surface area contributed by atoms with E-state index in [1.165, 1.54) is 31.2 Å². The Balaban J connectivity index is 2.23. The third kappa shape index (κ3) is 5.22. The number of carbonyl (C=O) groups is 1. The van der Waals surface area contributed by atoms with Gasteiger partial charge in [0.15, 0.2) is 0 Å². The molecule has 1 fully saturated rings. The highest BCUT2D eigenvalue weighted by molar-refractivity contribution is 6.44. The summed E-state index contributed by atoms with van der Waals surface area (Å²) in [5, 5.41) is 5.99. The monoisotopic (exact) mass is 338 g/mol. The van der Waals surface area contributed by atoms with Gasteiger partial charge in [-0.1, -0.05) is 43.2 Å². The largest absolute Gasteiger partial charge is 0.417 e. The van der Waals surface area contributed by atoms with Gasteiger partial charge in [-0.05, 0) is 25.3 Å². The number of alkyl halides is 3. The van der Waals surface area contributed by atoms with E-state index in [0.29, 0.717) is 6.08 Å². The van der Waals surface area contributed by atoms with Crippen molar-refractivity contribution < 1.29 is 18.0 Å². The van der Waals surface area contributed by atoms with Crippen LogP contribution in [0.5, 0.6) is 0 Å². The zero-order valence-corrected chi connectivity index (χ0v) is 13.6. The van der Waals surface area contributed by atoms with Gasteiger partial charge in [0.2, 0.25) is 5.78 Å². The molecular weight excluding hydrogens is 317 g/mol. The number of hydrogen-bond acceptors (Lipinski definition) is 3. The molecule has 1 aromatic rings. The van der Waals surface area contributed by atoms with E-state index in [1.54, 1.807) is 11.1 Å². The van der Waals surface area contributed by atoms with Gasteiger partial charge in [0.25, 0.3) is 0 Å². The van der Waals surface area contributed by atoms with Gasteiger partial charge in [-0.15, -0.1) is 0 Å². The number of rotatable bonds is 4. The second kappa shape index (κ2) is 8.13. The van der Waals surface area contributed by atoms with Crippen molar-refractivity contribution in [3.8, 4) is 0 Å². The molecule has 0 unspecified atom stereocenters. The lowest BCUT2D eigenvalue weighted by atomic mass is 10.0. The highest BCUT2D eigenvalue weighted by Crippen LogP contribution is 2.33. The molecule has 0 radical (unpaired) electrons. The van der Waals surface area contributed by atoms with E-state index in [0.717, 1.165) is 38.8 Å². The summed E-state index contributed by atoms with van der Waals surface area (Å²) >= 11 is 0. The Hall–Kier alpha value is -2.11. The summed E-state index contributed by atoms with van der Waals surface area (Å²) in [7, 11) is 0. The van der Waals surface area contributed by atoms with Crippen LogP contribution in [0.3, 0.4) is 0 Å². The highest BCUT2D eigenvalue weighted by atomic mass is 19.4. The minimum Gasteiger partial charge on any atom is -0.297 e. The number of allylic oxidation sites excluding steroid dienone is 2. The minimum absolute atomic E-state index is 0.0269. The van der Waals surface area contributed by atoms with Crippen LogP contribution in [-0.4, -0.2) is 35.8 Å². The van der Waals surface area contributed by atoms with Gasteiger partial charge in [-0.3, -0.25) is 9.80 Å². The number of benzene rings is 1. The van der Waals surface area contributed by atoms with E-state index in [1.807, 2.05) is 0 Å². The van der Waals surface area contributed by atoms with Gasteiger partial charge in [-0.25, -0.2) is 0 Å². The molecule has 0 bridgehead atoms. The first-order chi connectivity index (χ1) is 11.4. The second-order valence-corrected chi connectivity index (χ2v) is 5.84. The molecule has 0 aliphatic carbocycles. The molecule has 6 heteroatoms. The van der Waals surface area contributed by atoms with Crippen LogP contribution in [0.1, 0.15) is 38.2 Å². The fraction of sp³-hybridized carbons (Fsp3) is 0.444. The van der Waals surface area contributed by atoms with Crippen LogP contribution in [0.4, 0.5) is 13.2 Å². The van der Waals surface area contributed by atoms with Crippen LogP contribution in [0.25, 0.3) is 5.57 Å². The molecule has 0 aromatic heterocycles. The average Bonchev–Trinajstić information content (AvgIpc) is 2.80. The van der Waals surface area contributed by atoms with Gasteiger partial charge in [0.05, 0.1) is 5.57 Å². The molecule has 1 aromatic carbocycles. The summed E-state index contributed by atoms with van der Waals surface area (Å²) in [6.07, 6.45) is 0.249. The lowest BCUT2D eigenvalue weighted by Crippen LogP contribution is -2.23. The molecule has 0 saturated carbocycles. The summed E-state index contributed by atoms with van der Waals surface area (Å²) in [6, 6.07) is 7.34. The van der Waals surface area contributed by atoms with E-state index in [2.05, 4.69) is 5.10 Å². The third-order valence-corrected chi connectivity index (χ3v) is 3.90. The molecular formula is C18H21F3N2O. The molecule has 1 aliphatic rings. The Morgan fingerprint density at radius 3 is 2.21 bits per heavy atom. The molecule has 0 spiro atoms. The van der Waals surface area contributed by atoms with Crippen molar-refractivity contribution in [1.82, 2.24) is 5.01 Å². The SMILES string of the molecule is C/C(=N\N1CCCCCC1)C(=O)/C=C(\c1ccccc1)C(F)(F)F. The molecule has 1 heterocycles. The van der Waals surface area contributed by atoms with Crippen molar-refractivity contribution in [3.05, 3.63) is 42.0 Å². The molecule has 24 heavy (non-hydrogen) atoms. The van der Waals surface area contributed by atoms with Gasteiger partial charge < -0.3 is 0 Å². The molecule has 130 valence electrons. The highest BCUT2D eigenvalue weighted by Gasteiger charge is 2.35. The maximum absolute atomic E-state index is 13.3. The Kier molecular flexibility index (Phi) is 6.17. The number of halogens is 3. The second-order valence-electron chi connectivity index (χ2n) is 5.84. The van der Waals surface area contributed by atoms with Crippen molar-refractivity contribution in [2.24, 2.45) is 5.10 Å². The smallest absolute Gasteiger partial charge is 0.297 e. The number of carbonyl (C=O) groups excluding carboxylic acids is 1. The number of hydrazone groups is 1. The van der Waals surface area contributed by atoms with Crippen molar-refractivity contribution in [2.45, 2.75) is 38.8 Å². The fourth-order valence-electron chi connectivity index (χ4n) is 2.60. The zero-order chi connectivity index (χ0) is 17.6. The lowest BCUT2D eigenvalue weighted by molar-refractivity contribution is -0.109. The third-order valence-electron chi connectivity index (χ3n) is 3.90. The normalized spacial score (nSPS) is 17.6. The van der Waals surface area contributed by atoms with Crippen molar-refractivity contribution in [3.63, 3.8) is 0 Å². The summed E-state index contributed by atoms with van der Waals surface area (Å²) in [5.41, 5.74) is -0.894. The summed E-state index contributed by atoms with van der Waals surface area (Å²) in [5.74, 6) is -0.713. The van der Waals surface area contributed by atoms with Crippen molar-refractivity contribution in [2.75, 3.05) is 13.1 Å². The van der Waals surface area contributed by atoms with Crippen LogP contribution in [0.15, 0.2) is 41.5 Å². The van der Waals surface area contributed by atoms with E-state index < -0.39 is 17.5 Å². The molecule has 0 amide bonds. The first kappa shape index (κ1) is 18.2. The van der Waals surface area contributed by atoms with Crippen molar-refractivity contribution in [1.29, 1.82) is 0 Å². The van der Waals surface area contributed by atoms with Gasteiger partial charge in [0, 0.05) is 19.2 Å². The van der Waals surface area contributed by atoms with Crippen LogP contribution in [-0.2, 0) is 4.79 Å². The number of ketones is 1. The molecule has 0 N–H and O–H groups in total. The summed E-state index contributed by atoms with van der Waals surface area (Å²) in [6.45, 7) is 2.93. The van der Waals surface area contributed by atoms with Gasteiger partial charge >= 0.3 is 6.18 Å². The molecule has 0 atom stereocenters. The predicted molar refractivity (Wildman–Crippen MR) is 88.6 cm³/mol. The molecule has 3 nitrogen and oxygen atoms in total. The van der Waals surface area contributed by atoms with E-state index in [-0.39, 0.29) is 11.3 Å². The topological polar surface area (TPSA) is 32.7 Å². The van der Waals surface area contributed by atoms with Gasteiger partial charge in [0.1, 0.15) is 5.71 Å². The molecule has 2 rings (SSSR count). The Bertz CT molecular complexity index is 613. The minimum atomic E-state index is -4.60. The Labute approximate surface area is 139 Å². The first-order valence-corrected chi connectivity index (χ1v) is 8.07. The maximum Gasteiger partial charge on any atom is 0.417 e. The van der Waals surface area contributed by atoms with Crippen LogP contribution < -0.4 is 0 Å². The van der Waals surface area contributed by atoms with Crippen molar-refractivity contribution >= 4 is 17.1 Å². The Morgan fingerprint density at radius 1 is 1.08 bits per heavy atom. The average molecular weight is 338 g/mol. The molecule has 1 saturated heterocycles. The zero-order valence-electron chi connectivity index (χ0n) is 13.6.